The highest BCUT2D eigenvalue weighted by atomic mass is 16.1. The summed E-state index contributed by atoms with van der Waals surface area (Å²) in [7, 11) is 0. The van der Waals surface area contributed by atoms with Crippen molar-refractivity contribution in [2.75, 3.05) is 0 Å². The molecule has 2 nitrogen and oxygen atoms in total. The zero-order chi connectivity index (χ0) is 16.9. The molecule has 0 heterocycles. The predicted octanol–water partition coefficient (Wildman–Crippen LogP) is 4.68. The quantitative estimate of drug-likeness (QED) is 0.851. The van der Waals surface area contributed by atoms with Gasteiger partial charge < -0.3 is 5.32 Å². The number of nitrogens with one attached hydrogen (secondary N) is 1. The average Bonchev–Trinajstić information content (AvgIpc) is 2.61. The van der Waals surface area contributed by atoms with E-state index in [2.05, 4.69) is 61.6 Å². The van der Waals surface area contributed by atoms with Crippen LogP contribution < -0.4 is 5.32 Å². The molecule has 0 spiro atoms. The third-order valence-electron chi connectivity index (χ3n) is 5.01. The molecule has 0 bridgehead atoms. The van der Waals surface area contributed by atoms with Gasteiger partial charge in [0.05, 0.1) is 6.04 Å². The Morgan fingerprint density at radius 1 is 1.04 bits per heavy atom. The van der Waals surface area contributed by atoms with Crippen molar-refractivity contribution in [1.29, 1.82) is 0 Å². The molecule has 2 heteroatoms. The van der Waals surface area contributed by atoms with Gasteiger partial charge in [0.15, 0.2) is 0 Å². The normalized spacial score (nSPS) is 14.8. The lowest BCUT2D eigenvalue weighted by molar-refractivity contribution is -0.121. The minimum Gasteiger partial charge on any atom is -0.350 e. The van der Waals surface area contributed by atoms with Crippen LogP contribution >= 0.6 is 0 Å². The molecule has 1 amide bonds. The number of hydrogen-bond donors (Lipinski definition) is 1. The molecule has 0 aromatic heterocycles. The number of benzene rings is 2. The van der Waals surface area contributed by atoms with E-state index in [9.17, 15) is 4.79 Å². The lowest BCUT2D eigenvalue weighted by Gasteiger charge is -2.20. The lowest BCUT2D eigenvalue weighted by atomic mass is 9.89. The second-order valence-electron chi connectivity index (χ2n) is 7.01. The Morgan fingerprint density at radius 2 is 1.75 bits per heavy atom. The fourth-order valence-electron chi connectivity index (χ4n) is 3.43. The van der Waals surface area contributed by atoms with Gasteiger partial charge in [-0.2, -0.15) is 0 Å². The molecular formula is C22H27NO. The van der Waals surface area contributed by atoms with Gasteiger partial charge in [0, 0.05) is 6.42 Å². The molecule has 24 heavy (non-hydrogen) atoms. The van der Waals surface area contributed by atoms with Crippen LogP contribution in [0, 0.1) is 6.92 Å². The first kappa shape index (κ1) is 16.8. The SMILES string of the molecule is Cc1ccc(CCC(=O)N[C@H](C)c2ccc3c(c2)CCCC3)cc1. The van der Waals surface area contributed by atoms with E-state index >= 15 is 0 Å². The zero-order valence-corrected chi connectivity index (χ0v) is 14.8. The third-order valence-corrected chi connectivity index (χ3v) is 5.01. The Bertz CT molecular complexity index is 702. The number of amides is 1. The van der Waals surface area contributed by atoms with Crippen molar-refractivity contribution in [3.63, 3.8) is 0 Å². The molecule has 126 valence electrons. The van der Waals surface area contributed by atoms with Crippen LogP contribution in [-0.4, -0.2) is 5.91 Å². The highest BCUT2D eigenvalue weighted by Crippen LogP contribution is 2.24. The first-order valence-corrected chi connectivity index (χ1v) is 9.08. The van der Waals surface area contributed by atoms with Crippen LogP contribution in [0.5, 0.6) is 0 Å². The third kappa shape index (κ3) is 4.25. The second kappa shape index (κ2) is 7.65. The Labute approximate surface area is 145 Å². The van der Waals surface area contributed by atoms with Crippen molar-refractivity contribution in [3.8, 4) is 0 Å². The predicted molar refractivity (Wildman–Crippen MR) is 99.1 cm³/mol. The van der Waals surface area contributed by atoms with Gasteiger partial charge in [0.2, 0.25) is 5.91 Å². The summed E-state index contributed by atoms with van der Waals surface area (Å²) in [6.45, 7) is 4.16. The van der Waals surface area contributed by atoms with Crippen molar-refractivity contribution in [2.45, 2.75) is 58.4 Å². The first-order chi connectivity index (χ1) is 11.6. The van der Waals surface area contributed by atoms with Crippen LogP contribution in [0.3, 0.4) is 0 Å². The van der Waals surface area contributed by atoms with E-state index in [0.717, 1.165) is 6.42 Å². The minimum atomic E-state index is 0.0720. The fraction of sp³-hybridized carbons (Fsp3) is 0.409. The second-order valence-corrected chi connectivity index (χ2v) is 7.01. The van der Waals surface area contributed by atoms with Crippen molar-refractivity contribution in [2.24, 2.45) is 0 Å². The number of rotatable bonds is 5. The number of carbonyl (C=O) groups excluding carboxylic acids is 1. The number of hydrogen-bond acceptors (Lipinski definition) is 1. The van der Waals surface area contributed by atoms with Gasteiger partial charge in [-0.1, -0.05) is 48.0 Å². The van der Waals surface area contributed by atoms with Crippen LogP contribution in [0.2, 0.25) is 0 Å². The summed E-state index contributed by atoms with van der Waals surface area (Å²) in [5.41, 5.74) is 6.66. The van der Waals surface area contributed by atoms with Crippen molar-refractivity contribution in [3.05, 3.63) is 70.3 Å². The van der Waals surface area contributed by atoms with E-state index in [1.807, 2.05) is 0 Å². The Hall–Kier alpha value is -2.09. The number of fused-ring (bicyclic) bond motifs is 1. The highest BCUT2D eigenvalue weighted by Gasteiger charge is 2.14. The number of carbonyl (C=O) groups is 1. The van der Waals surface area contributed by atoms with Crippen molar-refractivity contribution >= 4 is 5.91 Å². The summed E-state index contributed by atoms with van der Waals surface area (Å²) in [6, 6.07) is 15.2. The summed E-state index contributed by atoms with van der Waals surface area (Å²) in [5.74, 6) is 0.126. The number of aryl methyl sites for hydroxylation is 4. The summed E-state index contributed by atoms with van der Waals surface area (Å²) < 4.78 is 0. The topological polar surface area (TPSA) is 29.1 Å². The van der Waals surface area contributed by atoms with E-state index in [1.165, 1.54) is 53.5 Å². The summed E-state index contributed by atoms with van der Waals surface area (Å²) in [6.07, 6.45) is 6.30. The van der Waals surface area contributed by atoms with Crippen LogP contribution in [-0.2, 0) is 24.1 Å². The largest absolute Gasteiger partial charge is 0.350 e. The van der Waals surface area contributed by atoms with Crippen molar-refractivity contribution < 1.29 is 4.79 Å². The molecule has 1 aliphatic carbocycles. The minimum absolute atomic E-state index is 0.0720. The van der Waals surface area contributed by atoms with Gasteiger partial charge in [-0.25, -0.2) is 0 Å². The molecule has 2 aromatic carbocycles. The van der Waals surface area contributed by atoms with Crippen LogP contribution in [0.25, 0.3) is 0 Å². The molecule has 1 N–H and O–H groups in total. The molecule has 0 unspecified atom stereocenters. The molecule has 0 saturated heterocycles. The molecule has 1 atom stereocenters. The van der Waals surface area contributed by atoms with E-state index in [-0.39, 0.29) is 11.9 Å². The van der Waals surface area contributed by atoms with Crippen LogP contribution in [0.15, 0.2) is 42.5 Å². The summed E-state index contributed by atoms with van der Waals surface area (Å²) in [4.78, 5) is 12.2. The Kier molecular flexibility index (Phi) is 5.34. The van der Waals surface area contributed by atoms with E-state index < -0.39 is 0 Å². The maximum absolute atomic E-state index is 12.2. The van der Waals surface area contributed by atoms with Gasteiger partial charge >= 0.3 is 0 Å². The molecule has 2 aromatic rings. The lowest BCUT2D eigenvalue weighted by Crippen LogP contribution is -2.27. The summed E-state index contributed by atoms with van der Waals surface area (Å²) in [5, 5.41) is 3.15. The first-order valence-electron chi connectivity index (χ1n) is 9.08. The van der Waals surface area contributed by atoms with Gasteiger partial charge in [-0.15, -0.1) is 0 Å². The summed E-state index contributed by atoms with van der Waals surface area (Å²) >= 11 is 0. The molecule has 3 rings (SSSR count). The smallest absolute Gasteiger partial charge is 0.220 e. The zero-order valence-electron chi connectivity index (χ0n) is 14.8. The Morgan fingerprint density at radius 3 is 2.50 bits per heavy atom. The van der Waals surface area contributed by atoms with Gasteiger partial charge in [-0.05, 0) is 68.2 Å². The van der Waals surface area contributed by atoms with Crippen molar-refractivity contribution in [1.82, 2.24) is 5.32 Å². The monoisotopic (exact) mass is 321 g/mol. The molecule has 0 saturated carbocycles. The van der Waals surface area contributed by atoms with E-state index in [4.69, 9.17) is 0 Å². The van der Waals surface area contributed by atoms with Gasteiger partial charge in [0.1, 0.15) is 0 Å². The molecule has 0 radical (unpaired) electrons. The molecule has 0 aliphatic heterocycles. The Balaban J connectivity index is 1.55. The maximum Gasteiger partial charge on any atom is 0.220 e. The van der Waals surface area contributed by atoms with E-state index in [1.54, 1.807) is 0 Å². The molecule has 1 aliphatic rings. The molecular weight excluding hydrogens is 294 g/mol. The fourth-order valence-corrected chi connectivity index (χ4v) is 3.43. The standard InChI is InChI=1S/C22H27NO/c1-16-7-9-18(10-8-16)11-14-22(24)23-17(2)20-13-12-19-5-3-4-6-21(19)15-20/h7-10,12-13,15,17H,3-6,11,14H2,1-2H3,(H,23,24)/t17-/m1/s1. The highest BCUT2D eigenvalue weighted by molar-refractivity contribution is 5.76. The van der Waals surface area contributed by atoms with Crippen LogP contribution in [0.1, 0.15) is 60.0 Å². The average molecular weight is 321 g/mol. The van der Waals surface area contributed by atoms with Gasteiger partial charge in [-0.3, -0.25) is 4.79 Å². The van der Waals surface area contributed by atoms with Crippen LogP contribution in [0.4, 0.5) is 0 Å². The van der Waals surface area contributed by atoms with E-state index in [0.29, 0.717) is 6.42 Å². The van der Waals surface area contributed by atoms with Gasteiger partial charge in [0.25, 0.3) is 0 Å². The molecule has 0 fully saturated rings. The maximum atomic E-state index is 12.2.